The monoisotopic (exact) mass is 355 g/mol. The first-order chi connectivity index (χ1) is 8.78. The Morgan fingerprint density at radius 1 is 1.33 bits per heavy atom. The second-order valence-electron chi connectivity index (χ2n) is 3.73. The lowest BCUT2D eigenvalue weighted by molar-refractivity contribution is 0.460. The summed E-state index contributed by atoms with van der Waals surface area (Å²) in [6.07, 6.45) is 4.35. The van der Waals surface area contributed by atoms with Crippen molar-refractivity contribution in [2.45, 2.75) is 13.3 Å². The van der Waals surface area contributed by atoms with Crippen LogP contribution in [0, 0.1) is 3.57 Å². The summed E-state index contributed by atoms with van der Waals surface area (Å²) in [5.41, 5.74) is 0. The number of nitrogens with one attached hydrogen (secondary N) is 1. The predicted molar refractivity (Wildman–Crippen MR) is 80.0 cm³/mol. The molecule has 0 bridgehead atoms. The Morgan fingerprint density at radius 3 is 3.00 bits per heavy atom. The molecule has 0 radical (unpaired) electrons. The summed E-state index contributed by atoms with van der Waals surface area (Å²) in [5.74, 6) is 2.00. The number of rotatable bonds is 5. The van der Waals surface area contributed by atoms with Gasteiger partial charge in [0.25, 0.3) is 0 Å². The molecule has 1 aromatic carbocycles. The van der Waals surface area contributed by atoms with Gasteiger partial charge in [0.1, 0.15) is 11.6 Å². The van der Waals surface area contributed by atoms with Crippen molar-refractivity contribution >= 4 is 28.4 Å². The first kappa shape index (κ1) is 13.1. The molecular weight excluding hydrogens is 341 g/mol. The summed E-state index contributed by atoms with van der Waals surface area (Å²) in [5, 5.41) is 3.18. The van der Waals surface area contributed by atoms with Crippen molar-refractivity contribution in [2.75, 3.05) is 11.9 Å². The molecule has 2 rings (SSSR count). The smallest absolute Gasteiger partial charge is 0.239 e. The van der Waals surface area contributed by atoms with Crippen LogP contribution in [0.1, 0.15) is 13.3 Å². The van der Waals surface area contributed by atoms with Gasteiger partial charge in [0.15, 0.2) is 0 Å². The number of hydrogen-bond donors (Lipinski definition) is 1. The third-order valence-electron chi connectivity index (χ3n) is 2.19. The van der Waals surface area contributed by atoms with Gasteiger partial charge >= 0.3 is 0 Å². The molecule has 5 heteroatoms. The Morgan fingerprint density at radius 2 is 2.22 bits per heavy atom. The lowest BCUT2D eigenvalue weighted by Gasteiger charge is -2.07. The number of ether oxygens (including phenoxy) is 1. The summed E-state index contributed by atoms with van der Waals surface area (Å²) in [6.45, 7) is 2.98. The number of halogens is 1. The Labute approximate surface area is 120 Å². The molecule has 0 amide bonds. The lowest BCUT2D eigenvalue weighted by Crippen LogP contribution is -2.02. The van der Waals surface area contributed by atoms with E-state index in [1.807, 2.05) is 24.3 Å². The van der Waals surface area contributed by atoms with E-state index in [0.29, 0.717) is 5.88 Å². The van der Waals surface area contributed by atoms with Gasteiger partial charge in [0.05, 0.1) is 12.4 Å². The van der Waals surface area contributed by atoms with Crippen molar-refractivity contribution in [3.8, 4) is 11.6 Å². The molecule has 0 spiro atoms. The van der Waals surface area contributed by atoms with Crippen LogP contribution in [0.2, 0.25) is 0 Å². The summed E-state index contributed by atoms with van der Waals surface area (Å²) >= 11 is 2.24. The first-order valence-corrected chi connectivity index (χ1v) is 6.85. The van der Waals surface area contributed by atoms with Crippen LogP contribution in [-0.2, 0) is 0 Å². The Bertz CT molecular complexity index is 519. The van der Waals surface area contributed by atoms with Crippen molar-refractivity contribution in [3.05, 3.63) is 40.2 Å². The third kappa shape index (κ3) is 3.83. The van der Waals surface area contributed by atoms with Crippen LogP contribution in [0.5, 0.6) is 11.6 Å². The SMILES string of the molecule is CCCNc1cncc(Oc2cccc(I)c2)n1. The molecule has 0 saturated carbocycles. The summed E-state index contributed by atoms with van der Waals surface area (Å²) in [4.78, 5) is 8.44. The molecule has 1 N–H and O–H groups in total. The van der Waals surface area contributed by atoms with E-state index in [4.69, 9.17) is 4.74 Å². The fourth-order valence-electron chi connectivity index (χ4n) is 1.39. The highest BCUT2D eigenvalue weighted by Crippen LogP contribution is 2.21. The summed E-state index contributed by atoms with van der Waals surface area (Å²) in [6, 6.07) is 7.81. The third-order valence-corrected chi connectivity index (χ3v) is 2.86. The zero-order valence-corrected chi connectivity index (χ0v) is 12.2. The van der Waals surface area contributed by atoms with Crippen LogP contribution in [0.3, 0.4) is 0 Å². The molecule has 0 aliphatic carbocycles. The maximum atomic E-state index is 5.66. The minimum atomic E-state index is 0.498. The fraction of sp³-hybridized carbons (Fsp3) is 0.231. The number of hydrogen-bond acceptors (Lipinski definition) is 4. The highest BCUT2D eigenvalue weighted by molar-refractivity contribution is 14.1. The van der Waals surface area contributed by atoms with Crippen molar-refractivity contribution in [1.82, 2.24) is 9.97 Å². The van der Waals surface area contributed by atoms with Gasteiger partial charge in [0.2, 0.25) is 5.88 Å². The Balaban J connectivity index is 2.09. The van der Waals surface area contributed by atoms with Crippen molar-refractivity contribution in [2.24, 2.45) is 0 Å². The maximum absolute atomic E-state index is 5.66. The van der Waals surface area contributed by atoms with Crippen LogP contribution in [-0.4, -0.2) is 16.5 Å². The van der Waals surface area contributed by atoms with E-state index in [-0.39, 0.29) is 0 Å². The van der Waals surface area contributed by atoms with Gasteiger partial charge in [-0.1, -0.05) is 13.0 Å². The van der Waals surface area contributed by atoms with E-state index in [0.717, 1.165) is 28.1 Å². The summed E-state index contributed by atoms with van der Waals surface area (Å²) in [7, 11) is 0. The highest BCUT2D eigenvalue weighted by atomic mass is 127. The minimum Gasteiger partial charge on any atom is -0.437 e. The summed E-state index contributed by atoms with van der Waals surface area (Å²) < 4.78 is 6.78. The first-order valence-electron chi connectivity index (χ1n) is 5.77. The molecular formula is C13H14IN3O. The van der Waals surface area contributed by atoms with Gasteiger partial charge < -0.3 is 10.1 Å². The molecule has 0 atom stereocenters. The molecule has 94 valence electrons. The average Bonchev–Trinajstić information content (AvgIpc) is 2.37. The van der Waals surface area contributed by atoms with Crippen LogP contribution < -0.4 is 10.1 Å². The van der Waals surface area contributed by atoms with E-state index in [9.17, 15) is 0 Å². The van der Waals surface area contributed by atoms with Crippen molar-refractivity contribution in [3.63, 3.8) is 0 Å². The van der Waals surface area contributed by atoms with Crippen LogP contribution in [0.4, 0.5) is 5.82 Å². The molecule has 18 heavy (non-hydrogen) atoms. The lowest BCUT2D eigenvalue weighted by atomic mass is 10.3. The quantitative estimate of drug-likeness (QED) is 0.831. The van der Waals surface area contributed by atoms with Crippen LogP contribution in [0.15, 0.2) is 36.7 Å². The van der Waals surface area contributed by atoms with Crippen LogP contribution in [0.25, 0.3) is 0 Å². The number of nitrogens with zero attached hydrogens (tertiary/aromatic N) is 2. The van der Waals surface area contributed by atoms with E-state index in [1.165, 1.54) is 0 Å². The van der Waals surface area contributed by atoms with Gasteiger partial charge in [0, 0.05) is 10.1 Å². The number of benzene rings is 1. The molecule has 0 saturated heterocycles. The normalized spacial score (nSPS) is 10.1. The predicted octanol–water partition coefficient (Wildman–Crippen LogP) is 3.70. The van der Waals surface area contributed by atoms with Gasteiger partial charge in [-0.05, 0) is 47.2 Å². The van der Waals surface area contributed by atoms with Gasteiger partial charge in [-0.25, -0.2) is 0 Å². The van der Waals surface area contributed by atoms with Crippen LogP contribution >= 0.6 is 22.6 Å². The van der Waals surface area contributed by atoms with Crippen molar-refractivity contribution in [1.29, 1.82) is 0 Å². The molecule has 1 aromatic heterocycles. The van der Waals surface area contributed by atoms with Gasteiger partial charge in [-0.2, -0.15) is 4.98 Å². The number of anilines is 1. The second-order valence-corrected chi connectivity index (χ2v) is 4.97. The van der Waals surface area contributed by atoms with E-state index in [1.54, 1.807) is 12.4 Å². The average molecular weight is 355 g/mol. The maximum Gasteiger partial charge on any atom is 0.239 e. The number of aromatic nitrogens is 2. The molecule has 0 unspecified atom stereocenters. The largest absolute Gasteiger partial charge is 0.437 e. The van der Waals surface area contributed by atoms with E-state index >= 15 is 0 Å². The molecule has 1 heterocycles. The zero-order valence-electron chi connectivity index (χ0n) is 10.1. The van der Waals surface area contributed by atoms with Crippen molar-refractivity contribution < 1.29 is 4.74 Å². The molecule has 0 fully saturated rings. The van der Waals surface area contributed by atoms with Gasteiger partial charge in [-0.15, -0.1) is 0 Å². The molecule has 0 aliphatic heterocycles. The highest BCUT2D eigenvalue weighted by Gasteiger charge is 2.01. The molecule has 0 aliphatic rings. The fourth-order valence-corrected chi connectivity index (χ4v) is 1.90. The Kier molecular flexibility index (Phi) is 4.74. The molecule has 4 nitrogen and oxygen atoms in total. The topological polar surface area (TPSA) is 47.0 Å². The minimum absolute atomic E-state index is 0.498. The zero-order chi connectivity index (χ0) is 12.8. The molecule has 2 aromatic rings. The Hall–Kier alpha value is -1.37. The van der Waals surface area contributed by atoms with E-state index in [2.05, 4.69) is 44.8 Å². The van der Waals surface area contributed by atoms with E-state index < -0.39 is 0 Å². The van der Waals surface area contributed by atoms with Gasteiger partial charge in [-0.3, -0.25) is 4.98 Å². The second kappa shape index (κ2) is 6.53. The standard InChI is InChI=1S/C13H14IN3O/c1-2-6-16-12-8-15-9-13(17-12)18-11-5-3-4-10(14)7-11/h3-5,7-9H,2,6H2,1H3,(H,16,17).